The average molecular weight is 296 g/mol. The largest absolute Gasteiger partial charge is 0.339 e. The van der Waals surface area contributed by atoms with Gasteiger partial charge < -0.3 is 10.2 Å². The van der Waals surface area contributed by atoms with Crippen molar-refractivity contribution < 1.29 is 4.79 Å². The molecule has 1 saturated heterocycles. The molecule has 1 aromatic carbocycles. The number of hydrogen-bond donors (Lipinski definition) is 1. The molecule has 2 heterocycles. The molecule has 1 aliphatic rings. The Morgan fingerprint density at radius 1 is 1.05 bits per heavy atom. The van der Waals surface area contributed by atoms with Gasteiger partial charge in [0.15, 0.2) is 11.5 Å². The fourth-order valence-corrected chi connectivity index (χ4v) is 2.56. The summed E-state index contributed by atoms with van der Waals surface area (Å²) in [5, 5.41) is 11.4. The summed E-state index contributed by atoms with van der Waals surface area (Å²) in [5.41, 5.74) is 3.85. The first-order chi connectivity index (χ1) is 10.6. The molecule has 0 bridgehead atoms. The topological polar surface area (TPSA) is 58.1 Å². The zero-order chi connectivity index (χ0) is 15.5. The maximum atomic E-state index is 12.2. The lowest BCUT2D eigenvalue weighted by Gasteiger charge is -2.14. The quantitative estimate of drug-likeness (QED) is 0.945. The molecule has 0 radical (unpaired) electrons. The third-order valence-corrected chi connectivity index (χ3v) is 4.06. The zero-order valence-corrected chi connectivity index (χ0v) is 13.0. The molecule has 1 fully saturated rings. The lowest BCUT2D eigenvalue weighted by atomic mass is 10.1. The van der Waals surface area contributed by atoms with Crippen LogP contribution in [0.5, 0.6) is 0 Å². The average Bonchev–Trinajstić information content (AvgIpc) is 3.05. The highest BCUT2D eigenvalue weighted by Crippen LogP contribution is 2.18. The van der Waals surface area contributed by atoms with Gasteiger partial charge in [-0.1, -0.05) is 6.07 Å². The first-order valence-corrected chi connectivity index (χ1v) is 7.61. The molecule has 1 amide bonds. The van der Waals surface area contributed by atoms with Gasteiger partial charge in [-0.25, -0.2) is 0 Å². The Bertz CT molecular complexity index is 676. The molecule has 114 valence electrons. The normalized spacial score (nSPS) is 14.2. The lowest BCUT2D eigenvalue weighted by molar-refractivity contribution is 0.0786. The van der Waals surface area contributed by atoms with E-state index in [1.54, 1.807) is 12.1 Å². The number of nitrogens with zero attached hydrogens (tertiary/aromatic N) is 3. The number of carbonyl (C=O) groups excluding carboxylic acids is 1. The van der Waals surface area contributed by atoms with Gasteiger partial charge in [0.25, 0.3) is 5.91 Å². The number of anilines is 2. The van der Waals surface area contributed by atoms with E-state index in [1.807, 2.05) is 11.0 Å². The minimum Gasteiger partial charge on any atom is -0.339 e. The number of benzene rings is 1. The highest BCUT2D eigenvalue weighted by atomic mass is 16.2. The molecule has 1 aromatic heterocycles. The zero-order valence-electron chi connectivity index (χ0n) is 13.0. The van der Waals surface area contributed by atoms with Gasteiger partial charge in [0, 0.05) is 18.8 Å². The van der Waals surface area contributed by atoms with E-state index in [-0.39, 0.29) is 5.91 Å². The van der Waals surface area contributed by atoms with Crippen LogP contribution in [0.1, 0.15) is 34.5 Å². The third kappa shape index (κ3) is 3.08. The van der Waals surface area contributed by atoms with Crippen molar-refractivity contribution in [2.75, 3.05) is 18.4 Å². The Hall–Kier alpha value is -2.43. The fraction of sp³-hybridized carbons (Fsp3) is 0.353. The highest BCUT2D eigenvalue weighted by molar-refractivity contribution is 5.92. The Morgan fingerprint density at radius 2 is 1.82 bits per heavy atom. The summed E-state index contributed by atoms with van der Waals surface area (Å²) in [5.74, 6) is 0.615. The van der Waals surface area contributed by atoms with E-state index < -0.39 is 0 Å². The standard InChI is InChI=1S/C17H20N4O/c1-12-5-6-14(11-13(12)2)18-16-8-7-15(19-20-16)17(22)21-9-3-4-10-21/h5-8,11H,3-4,9-10H2,1-2H3,(H,18,20). The number of rotatable bonds is 3. The number of aromatic nitrogens is 2. The van der Waals surface area contributed by atoms with Crippen molar-refractivity contribution in [3.63, 3.8) is 0 Å². The van der Waals surface area contributed by atoms with Gasteiger partial charge in [0.2, 0.25) is 0 Å². The van der Waals surface area contributed by atoms with Gasteiger partial charge in [0.1, 0.15) is 0 Å². The molecule has 0 unspecified atom stereocenters. The van der Waals surface area contributed by atoms with Crippen molar-refractivity contribution >= 4 is 17.4 Å². The number of likely N-dealkylation sites (tertiary alicyclic amines) is 1. The molecule has 22 heavy (non-hydrogen) atoms. The SMILES string of the molecule is Cc1ccc(Nc2ccc(C(=O)N3CCCC3)nn2)cc1C. The second-order valence-electron chi connectivity index (χ2n) is 5.73. The van der Waals surface area contributed by atoms with Crippen molar-refractivity contribution in [2.45, 2.75) is 26.7 Å². The van der Waals surface area contributed by atoms with Crippen LogP contribution in [0.15, 0.2) is 30.3 Å². The van der Waals surface area contributed by atoms with Crippen LogP contribution in [0.25, 0.3) is 0 Å². The van der Waals surface area contributed by atoms with E-state index in [0.717, 1.165) is 31.6 Å². The van der Waals surface area contributed by atoms with Gasteiger partial charge >= 0.3 is 0 Å². The molecule has 0 aliphatic carbocycles. The molecule has 0 atom stereocenters. The first kappa shape index (κ1) is 14.5. The molecule has 3 rings (SSSR count). The Kier molecular flexibility index (Phi) is 4.04. The van der Waals surface area contributed by atoms with Gasteiger partial charge in [-0.05, 0) is 62.1 Å². The molecule has 1 N–H and O–H groups in total. The smallest absolute Gasteiger partial charge is 0.274 e. The second kappa shape index (κ2) is 6.13. The number of aryl methyl sites for hydroxylation is 2. The summed E-state index contributed by atoms with van der Waals surface area (Å²) in [7, 11) is 0. The van der Waals surface area contributed by atoms with E-state index >= 15 is 0 Å². The van der Waals surface area contributed by atoms with E-state index in [9.17, 15) is 4.79 Å². The molecule has 5 heteroatoms. The van der Waals surface area contributed by atoms with Crippen LogP contribution in [0.2, 0.25) is 0 Å². The van der Waals surface area contributed by atoms with Gasteiger partial charge in [0.05, 0.1) is 0 Å². The fourth-order valence-electron chi connectivity index (χ4n) is 2.56. The summed E-state index contributed by atoms with van der Waals surface area (Å²) < 4.78 is 0. The van der Waals surface area contributed by atoms with Crippen LogP contribution < -0.4 is 5.32 Å². The molecular formula is C17H20N4O. The second-order valence-corrected chi connectivity index (χ2v) is 5.73. The van der Waals surface area contributed by atoms with Crippen LogP contribution in [-0.2, 0) is 0 Å². The number of carbonyl (C=O) groups is 1. The lowest BCUT2D eigenvalue weighted by Crippen LogP contribution is -2.28. The summed E-state index contributed by atoms with van der Waals surface area (Å²) in [6.45, 7) is 5.80. The summed E-state index contributed by atoms with van der Waals surface area (Å²) in [6, 6.07) is 9.67. The summed E-state index contributed by atoms with van der Waals surface area (Å²) in [6.07, 6.45) is 2.15. The highest BCUT2D eigenvalue weighted by Gasteiger charge is 2.20. The maximum absolute atomic E-state index is 12.2. The number of amides is 1. The molecule has 5 nitrogen and oxygen atoms in total. The van der Waals surface area contributed by atoms with Gasteiger partial charge in [-0.15, -0.1) is 10.2 Å². The minimum absolute atomic E-state index is 0.0252. The summed E-state index contributed by atoms with van der Waals surface area (Å²) >= 11 is 0. The number of nitrogens with one attached hydrogen (secondary N) is 1. The van der Waals surface area contributed by atoms with Crippen LogP contribution in [-0.4, -0.2) is 34.1 Å². The Labute approximate surface area is 130 Å². The van der Waals surface area contributed by atoms with Crippen molar-refractivity contribution in [3.8, 4) is 0 Å². The molecule has 0 spiro atoms. The van der Waals surface area contributed by atoms with Crippen LogP contribution in [0, 0.1) is 13.8 Å². The van der Waals surface area contributed by atoms with Crippen LogP contribution in [0.3, 0.4) is 0 Å². The first-order valence-electron chi connectivity index (χ1n) is 7.61. The molecule has 2 aromatic rings. The number of hydrogen-bond acceptors (Lipinski definition) is 4. The third-order valence-electron chi connectivity index (χ3n) is 4.06. The Morgan fingerprint density at radius 3 is 2.45 bits per heavy atom. The summed E-state index contributed by atoms with van der Waals surface area (Å²) in [4.78, 5) is 14.0. The van der Waals surface area contributed by atoms with Crippen LogP contribution >= 0.6 is 0 Å². The van der Waals surface area contributed by atoms with Crippen molar-refractivity contribution in [3.05, 3.63) is 47.2 Å². The predicted molar refractivity (Wildman–Crippen MR) is 86.4 cm³/mol. The van der Waals surface area contributed by atoms with Crippen LogP contribution in [0.4, 0.5) is 11.5 Å². The van der Waals surface area contributed by atoms with E-state index in [2.05, 4.69) is 41.5 Å². The van der Waals surface area contributed by atoms with Gasteiger partial charge in [-0.2, -0.15) is 0 Å². The monoisotopic (exact) mass is 296 g/mol. The van der Waals surface area contributed by atoms with Crippen molar-refractivity contribution in [1.82, 2.24) is 15.1 Å². The van der Waals surface area contributed by atoms with E-state index in [4.69, 9.17) is 0 Å². The van der Waals surface area contributed by atoms with Crippen molar-refractivity contribution in [2.24, 2.45) is 0 Å². The van der Waals surface area contributed by atoms with E-state index in [0.29, 0.717) is 11.5 Å². The van der Waals surface area contributed by atoms with Gasteiger partial charge in [-0.3, -0.25) is 4.79 Å². The maximum Gasteiger partial charge on any atom is 0.274 e. The molecular weight excluding hydrogens is 276 g/mol. The molecule has 0 saturated carbocycles. The predicted octanol–water partition coefficient (Wildman–Crippen LogP) is 3.07. The Balaban J connectivity index is 1.70. The van der Waals surface area contributed by atoms with Crippen molar-refractivity contribution in [1.29, 1.82) is 0 Å². The van der Waals surface area contributed by atoms with E-state index in [1.165, 1.54) is 11.1 Å². The minimum atomic E-state index is -0.0252. The molecule has 1 aliphatic heterocycles.